The maximum atomic E-state index is 12.2. The van der Waals surface area contributed by atoms with Crippen LogP contribution in [0, 0.1) is 13.8 Å². The molecule has 0 saturated carbocycles. The Morgan fingerprint density at radius 3 is 2.37 bits per heavy atom. The van der Waals surface area contributed by atoms with Gasteiger partial charge in [0.25, 0.3) is 5.91 Å². The van der Waals surface area contributed by atoms with Crippen molar-refractivity contribution < 1.29 is 23.9 Å². The van der Waals surface area contributed by atoms with Crippen molar-refractivity contribution in [1.82, 2.24) is 5.43 Å². The molecule has 35 heavy (non-hydrogen) atoms. The summed E-state index contributed by atoms with van der Waals surface area (Å²) in [6.45, 7) is 3.74. The highest BCUT2D eigenvalue weighted by atomic mass is 16.5. The van der Waals surface area contributed by atoms with Crippen LogP contribution in [0.15, 0.2) is 71.8 Å². The van der Waals surface area contributed by atoms with Crippen LogP contribution in [0.3, 0.4) is 0 Å². The number of hydrazone groups is 1. The summed E-state index contributed by atoms with van der Waals surface area (Å²) in [5.41, 5.74) is 5.97. The van der Waals surface area contributed by atoms with E-state index in [-0.39, 0.29) is 12.5 Å². The Morgan fingerprint density at radius 1 is 0.886 bits per heavy atom. The summed E-state index contributed by atoms with van der Waals surface area (Å²) in [5.74, 6) is -1.14. The van der Waals surface area contributed by atoms with Gasteiger partial charge < -0.3 is 20.1 Å². The predicted molar refractivity (Wildman–Crippen MR) is 134 cm³/mol. The van der Waals surface area contributed by atoms with Gasteiger partial charge >= 0.3 is 11.8 Å². The van der Waals surface area contributed by atoms with E-state index in [9.17, 15) is 14.4 Å². The van der Waals surface area contributed by atoms with Crippen LogP contribution in [0.5, 0.6) is 11.5 Å². The van der Waals surface area contributed by atoms with E-state index in [1.807, 2.05) is 32.0 Å². The topological polar surface area (TPSA) is 118 Å². The second-order valence-corrected chi connectivity index (χ2v) is 7.58. The molecule has 180 valence electrons. The van der Waals surface area contributed by atoms with Crippen LogP contribution in [0.1, 0.15) is 16.7 Å². The number of carbonyl (C=O) groups excluding carboxylic acids is 3. The molecule has 0 aliphatic heterocycles. The molecule has 3 aromatic rings. The van der Waals surface area contributed by atoms with E-state index in [1.54, 1.807) is 48.5 Å². The number of carbonyl (C=O) groups is 3. The van der Waals surface area contributed by atoms with Crippen molar-refractivity contribution in [2.75, 3.05) is 24.4 Å². The average molecular weight is 475 g/mol. The first-order valence-electron chi connectivity index (χ1n) is 10.7. The predicted octanol–water partition coefficient (Wildman–Crippen LogP) is 3.42. The van der Waals surface area contributed by atoms with Gasteiger partial charge in [0.05, 0.1) is 19.0 Å². The minimum atomic E-state index is -0.929. The summed E-state index contributed by atoms with van der Waals surface area (Å²) in [7, 11) is 1.47. The van der Waals surface area contributed by atoms with Crippen LogP contribution in [-0.4, -0.2) is 37.7 Å². The highest BCUT2D eigenvalue weighted by Gasteiger charge is 2.15. The third-order valence-corrected chi connectivity index (χ3v) is 4.86. The summed E-state index contributed by atoms with van der Waals surface area (Å²) < 4.78 is 10.7. The number of ether oxygens (including phenoxy) is 2. The zero-order valence-electron chi connectivity index (χ0n) is 19.6. The van der Waals surface area contributed by atoms with Crippen molar-refractivity contribution in [1.29, 1.82) is 0 Å². The van der Waals surface area contributed by atoms with Gasteiger partial charge in [-0.1, -0.05) is 24.3 Å². The van der Waals surface area contributed by atoms with Gasteiger partial charge in [0.1, 0.15) is 11.5 Å². The van der Waals surface area contributed by atoms with E-state index in [1.165, 1.54) is 13.3 Å². The van der Waals surface area contributed by atoms with Crippen molar-refractivity contribution in [3.8, 4) is 11.5 Å². The molecule has 0 spiro atoms. The maximum absolute atomic E-state index is 12.2. The third kappa shape index (κ3) is 7.43. The lowest BCUT2D eigenvalue weighted by Gasteiger charge is -2.10. The summed E-state index contributed by atoms with van der Waals surface area (Å²) in [4.78, 5) is 36.2. The number of hydrogen-bond acceptors (Lipinski definition) is 6. The van der Waals surface area contributed by atoms with Crippen LogP contribution in [0.4, 0.5) is 11.4 Å². The molecular formula is C26H26N4O5. The normalized spacial score (nSPS) is 10.5. The first-order valence-corrected chi connectivity index (χ1v) is 10.7. The molecule has 9 nitrogen and oxygen atoms in total. The fraction of sp³-hybridized carbons (Fsp3) is 0.154. The van der Waals surface area contributed by atoms with E-state index in [4.69, 9.17) is 9.47 Å². The van der Waals surface area contributed by atoms with E-state index < -0.39 is 11.8 Å². The quantitative estimate of drug-likeness (QED) is 0.263. The minimum absolute atomic E-state index is 0.141. The molecule has 9 heteroatoms. The number of rotatable bonds is 8. The number of aryl methyl sites for hydroxylation is 2. The number of amides is 3. The number of hydrogen-bond donors (Lipinski definition) is 3. The number of nitrogens with zero attached hydrogens (tertiary/aromatic N) is 1. The van der Waals surface area contributed by atoms with E-state index in [2.05, 4.69) is 21.2 Å². The number of benzene rings is 3. The molecule has 0 aliphatic carbocycles. The molecule has 0 bridgehead atoms. The molecule has 0 heterocycles. The van der Waals surface area contributed by atoms with Crippen molar-refractivity contribution in [2.45, 2.75) is 13.8 Å². The third-order valence-electron chi connectivity index (χ3n) is 4.86. The van der Waals surface area contributed by atoms with Gasteiger partial charge in [-0.3, -0.25) is 14.4 Å². The fourth-order valence-electron chi connectivity index (χ4n) is 3.00. The Bertz CT molecular complexity index is 1240. The number of anilines is 2. The highest BCUT2D eigenvalue weighted by Crippen LogP contribution is 2.22. The number of methoxy groups -OCH3 is 1. The first-order chi connectivity index (χ1) is 16.9. The van der Waals surface area contributed by atoms with Crippen molar-refractivity contribution in [2.24, 2.45) is 5.10 Å². The van der Waals surface area contributed by atoms with Gasteiger partial charge in [-0.15, -0.1) is 0 Å². The van der Waals surface area contributed by atoms with Crippen LogP contribution < -0.4 is 25.5 Å². The molecule has 0 unspecified atom stereocenters. The summed E-state index contributed by atoms with van der Waals surface area (Å²) >= 11 is 0. The fourth-order valence-corrected chi connectivity index (χ4v) is 3.00. The second kappa shape index (κ2) is 12.0. The van der Waals surface area contributed by atoms with E-state index in [0.717, 1.165) is 16.8 Å². The molecule has 0 aromatic heterocycles. The van der Waals surface area contributed by atoms with Crippen molar-refractivity contribution in [3.63, 3.8) is 0 Å². The zero-order valence-corrected chi connectivity index (χ0v) is 19.6. The lowest BCUT2D eigenvalue weighted by Crippen LogP contribution is -2.32. The maximum Gasteiger partial charge on any atom is 0.329 e. The van der Waals surface area contributed by atoms with E-state index >= 15 is 0 Å². The molecule has 0 radical (unpaired) electrons. The Morgan fingerprint density at radius 2 is 1.63 bits per heavy atom. The van der Waals surface area contributed by atoms with Gasteiger partial charge in [0.2, 0.25) is 0 Å². The van der Waals surface area contributed by atoms with Crippen molar-refractivity contribution in [3.05, 3.63) is 83.4 Å². The molecule has 3 N–H and O–H groups in total. The van der Waals surface area contributed by atoms with Crippen LogP contribution in [0.2, 0.25) is 0 Å². The zero-order chi connectivity index (χ0) is 25.2. The molecule has 0 saturated heterocycles. The minimum Gasteiger partial charge on any atom is -0.495 e. The van der Waals surface area contributed by atoms with Crippen LogP contribution >= 0.6 is 0 Å². The summed E-state index contributed by atoms with van der Waals surface area (Å²) in [5, 5.41) is 9.09. The first kappa shape index (κ1) is 25.0. The van der Waals surface area contributed by atoms with Crippen molar-refractivity contribution >= 4 is 35.3 Å². The monoisotopic (exact) mass is 474 g/mol. The Kier molecular flexibility index (Phi) is 8.55. The highest BCUT2D eigenvalue weighted by molar-refractivity contribution is 6.39. The molecule has 0 atom stereocenters. The molecule has 3 rings (SSSR count). The van der Waals surface area contributed by atoms with Gasteiger partial charge in [-0.2, -0.15) is 5.10 Å². The van der Waals surface area contributed by atoms with Gasteiger partial charge in [0.15, 0.2) is 6.61 Å². The Balaban J connectivity index is 1.45. The largest absolute Gasteiger partial charge is 0.495 e. The SMILES string of the molecule is COc1ccccc1NC(=O)C(=O)N/N=C\c1ccc(OCC(=O)Nc2cc(C)ccc2C)cc1. The Hall–Kier alpha value is -4.66. The number of nitrogens with one attached hydrogen (secondary N) is 3. The molecular weight excluding hydrogens is 448 g/mol. The van der Waals surface area contributed by atoms with Gasteiger partial charge in [-0.05, 0) is 73.0 Å². The number of para-hydroxylation sites is 2. The molecule has 0 aliphatic rings. The van der Waals surface area contributed by atoms with Crippen LogP contribution in [-0.2, 0) is 14.4 Å². The summed E-state index contributed by atoms with van der Waals surface area (Å²) in [6, 6.07) is 19.3. The average Bonchev–Trinajstić information content (AvgIpc) is 2.86. The van der Waals surface area contributed by atoms with Crippen LogP contribution in [0.25, 0.3) is 0 Å². The summed E-state index contributed by atoms with van der Waals surface area (Å²) in [6.07, 6.45) is 1.38. The lowest BCUT2D eigenvalue weighted by atomic mass is 10.1. The molecule has 3 aromatic carbocycles. The Labute approximate surface area is 203 Å². The smallest absolute Gasteiger partial charge is 0.329 e. The lowest BCUT2D eigenvalue weighted by molar-refractivity contribution is -0.136. The van der Waals surface area contributed by atoms with Gasteiger partial charge in [0, 0.05) is 5.69 Å². The molecule has 0 fully saturated rings. The van der Waals surface area contributed by atoms with Gasteiger partial charge in [-0.25, -0.2) is 5.43 Å². The second-order valence-electron chi connectivity index (χ2n) is 7.58. The van der Waals surface area contributed by atoms with E-state index in [0.29, 0.717) is 22.7 Å². The molecule has 3 amide bonds. The standard InChI is InChI=1S/C26H26N4O5/c1-17-8-9-18(2)22(14-17)28-24(31)16-35-20-12-10-19(11-13-20)15-27-30-26(33)25(32)29-21-6-4-5-7-23(21)34-3/h4-15H,16H2,1-3H3,(H,28,31)(H,29,32)(H,30,33)/b27-15-.